The van der Waals surface area contributed by atoms with Gasteiger partial charge in [0.05, 0.1) is 24.3 Å². The monoisotopic (exact) mass is 455 g/mol. The molecule has 2 heterocycles. The molecule has 0 saturated carbocycles. The molecule has 3 N–H and O–H groups in total. The van der Waals surface area contributed by atoms with Crippen LogP contribution < -0.4 is 10.6 Å². The van der Waals surface area contributed by atoms with Gasteiger partial charge in [-0.05, 0) is 76.3 Å². The van der Waals surface area contributed by atoms with Crippen LogP contribution in [0.5, 0.6) is 0 Å². The minimum Gasteiger partial charge on any atom is -0.462 e. The van der Waals surface area contributed by atoms with E-state index < -0.39 is 11.6 Å². The van der Waals surface area contributed by atoms with E-state index in [0.29, 0.717) is 29.4 Å². The number of carbonyl (C=O) groups is 2. The van der Waals surface area contributed by atoms with Crippen LogP contribution in [0.1, 0.15) is 54.4 Å². The highest BCUT2D eigenvalue weighted by molar-refractivity contribution is 7.17. The number of aryl methyl sites for hydroxylation is 1. The van der Waals surface area contributed by atoms with Gasteiger partial charge in [0.15, 0.2) is 0 Å². The molecule has 2 aromatic heterocycles. The summed E-state index contributed by atoms with van der Waals surface area (Å²) in [5.41, 5.74) is 2.33. The Bertz CT molecular complexity index is 1160. The minimum absolute atomic E-state index is 0.294. The van der Waals surface area contributed by atoms with Crippen molar-refractivity contribution in [3.8, 4) is 0 Å². The minimum atomic E-state index is -0.820. The lowest BCUT2D eigenvalue weighted by Crippen LogP contribution is -2.25. The number of hydrogen-bond acceptors (Lipinski definition) is 5. The second-order valence-electron chi connectivity index (χ2n) is 8.74. The van der Waals surface area contributed by atoms with Crippen molar-refractivity contribution in [3.05, 3.63) is 46.5 Å². The number of aromatic nitrogens is 1. The van der Waals surface area contributed by atoms with Crippen LogP contribution in [0.3, 0.4) is 0 Å². The standard InChI is InChI=1S/C24H29N3O4S/c1-4-31-22(28)20-17-7-5-6-8-19(17)32-21(20)26-23(29)25-16-9-10-18-15(13-16)11-12-27(18)14-24(2,3)30/h9-13,30H,4-8,14H2,1-3H3,(H2,25,26,29). The van der Waals surface area contributed by atoms with Crippen LogP contribution in [0.25, 0.3) is 10.9 Å². The molecular formula is C24H29N3O4S. The Hall–Kier alpha value is -2.84. The molecule has 3 aromatic rings. The molecule has 0 spiro atoms. The highest BCUT2D eigenvalue weighted by Crippen LogP contribution is 2.38. The summed E-state index contributed by atoms with van der Waals surface area (Å²) >= 11 is 1.47. The molecule has 0 aliphatic heterocycles. The number of fused-ring (bicyclic) bond motifs is 2. The van der Waals surface area contributed by atoms with Gasteiger partial charge in [0, 0.05) is 27.7 Å². The second-order valence-corrected chi connectivity index (χ2v) is 9.85. The molecule has 1 aromatic carbocycles. The Balaban J connectivity index is 1.52. The fraction of sp³-hybridized carbons (Fsp3) is 0.417. The molecule has 0 saturated heterocycles. The van der Waals surface area contributed by atoms with Crippen molar-refractivity contribution in [1.29, 1.82) is 0 Å². The molecule has 2 amide bonds. The normalized spacial score (nSPS) is 13.6. The van der Waals surface area contributed by atoms with Crippen LogP contribution >= 0.6 is 11.3 Å². The number of anilines is 2. The molecule has 0 atom stereocenters. The predicted octanol–water partition coefficient (Wildman–Crippen LogP) is 5.17. The zero-order valence-electron chi connectivity index (χ0n) is 18.7. The summed E-state index contributed by atoms with van der Waals surface area (Å²) in [6.45, 7) is 6.09. The lowest BCUT2D eigenvalue weighted by atomic mass is 9.95. The Morgan fingerprint density at radius 1 is 1.19 bits per heavy atom. The van der Waals surface area contributed by atoms with Gasteiger partial charge in [0.1, 0.15) is 5.00 Å². The summed E-state index contributed by atoms with van der Waals surface area (Å²) in [4.78, 5) is 26.5. The molecule has 1 aliphatic rings. The lowest BCUT2D eigenvalue weighted by Gasteiger charge is -2.18. The quantitative estimate of drug-likeness (QED) is 0.447. The van der Waals surface area contributed by atoms with Crippen molar-refractivity contribution in [2.45, 2.75) is 58.6 Å². The van der Waals surface area contributed by atoms with Crippen molar-refractivity contribution < 1.29 is 19.4 Å². The molecule has 8 heteroatoms. The Morgan fingerprint density at radius 2 is 1.97 bits per heavy atom. The fourth-order valence-corrected chi connectivity index (χ4v) is 5.44. The first kappa shape index (κ1) is 22.4. The molecular weight excluding hydrogens is 426 g/mol. The number of nitrogens with one attached hydrogen (secondary N) is 2. The summed E-state index contributed by atoms with van der Waals surface area (Å²) < 4.78 is 7.24. The number of nitrogens with zero attached hydrogens (tertiary/aromatic N) is 1. The van der Waals surface area contributed by atoms with Gasteiger partial charge in [-0.15, -0.1) is 11.3 Å². The maximum atomic E-state index is 12.8. The zero-order chi connectivity index (χ0) is 22.9. The maximum absolute atomic E-state index is 12.8. The first-order chi connectivity index (χ1) is 15.2. The van der Waals surface area contributed by atoms with E-state index in [9.17, 15) is 14.7 Å². The number of esters is 1. The topological polar surface area (TPSA) is 92.6 Å². The van der Waals surface area contributed by atoms with E-state index in [-0.39, 0.29) is 5.97 Å². The number of urea groups is 1. The molecule has 1 aliphatic carbocycles. The molecule has 7 nitrogen and oxygen atoms in total. The van der Waals surface area contributed by atoms with Crippen LogP contribution in [-0.4, -0.2) is 33.9 Å². The van der Waals surface area contributed by atoms with Gasteiger partial charge >= 0.3 is 12.0 Å². The van der Waals surface area contributed by atoms with Gasteiger partial charge in [-0.1, -0.05) is 0 Å². The van der Waals surface area contributed by atoms with E-state index in [4.69, 9.17) is 4.74 Å². The molecule has 32 heavy (non-hydrogen) atoms. The molecule has 0 unspecified atom stereocenters. The predicted molar refractivity (Wildman–Crippen MR) is 128 cm³/mol. The van der Waals surface area contributed by atoms with Crippen LogP contribution in [0, 0.1) is 0 Å². The third-order valence-corrected chi connectivity index (χ3v) is 6.67. The zero-order valence-corrected chi connectivity index (χ0v) is 19.5. The van der Waals surface area contributed by atoms with Crippen molar-refractivity contribution in [2.24, 2.45) is 0 Å². The fourth-order valence-electron chi connectivity index (χ4n) is 4.17. The van der Waals surface area contributed by atoms with Gasteiger partial charge in [0.25, 0.3) is 0 Å². The highest BCUT2D eigenvalue weighted by atomic mass is 32.1. The average Bonchev–Trinajstić information content (AvgIpc) is 3.27. The summed E-state index contributed by atoms with van der Waals surface area (Å²) in [7, 11) is 0. The number of thiophene rings is 1. The van der Waals surface area contributed by atoms with E-state index in [1.165, 1.54) is 11.3 Å². The Morgan fingerprint density at radius 3 is 2.72 bits per heavy atom. The number of carbonyl (C=O) groups excluding carboxylic acids is 2. The largest absolute Gasteiger partial charge is 0.462 e. The SMILES string of the molecule is CCOC(=O)c1c(NC(=O)Nc2ccc3c(ccn3CC(C)(C)O)c2)sc2c1CCCC2. The van der Waals surface area contributed by atoms with Crippen LogP contribution in [0.4, 0.5) is 15.5 Å². The van der Waals surface area contributed by atoms with Crippen molar-refractivity contribution >= 4 is 44.9 Å². The van der Waals surface area contributed by atoms with Crippen LogP contribution in [-0.2, 0) is 24.1 Å². The average molecular weight is 456 g/mol. The van der Waals surface area contributed by atoms with Crippen LogP contribution in [0.2, 0.25) is 0 Å². The molecule has 0 fully saturated rings. The van der Waals surface area contributed by atoms with Crippen molar-refractivity contribution in [1.82, 2.24) is 4.57 Å². The number of benzene rings is 1. The van der Waals surface area contributed by atoms with Gasteiger partial charge in [-0.3, -0.25) is 5.32 Å². The van der Waals surface area contributed by atoms with E-state index >= 15 is 0 Å². The smallest absolute Gasteiger partial charge is 0.341 e. The summed E-state index contributed by atoms with van der Waals surface area (Å²) in [6, 6.07) is 7.20. The van der Waals surface area contributed by atoms with Crippen molar-refractivity contribution in [3.63, 3.8) is 0 Å². The third-order valence-electron chi connectivity index (χ3n) is 5.46. The maximum Gasteiger partial charge on any atom is 0.341 e. The van der Waals surface area contributed by atoms with Gasteiger partial charge in [-0.2, -0.15) is 0 Å². The number of aliphatic hydroxyl groups is 1. The number of hydrogen-bond donors (Lipinski definition) is 3. The number of ether oxygens (including phenoxy) is 1. The first-order valence-electron chi connectivity index (χ1n) is 11.0. The third kappa shape index (κ3) is 4.81. The first-order valence-corrected chi connectivity index (χ1v) is 11.8. The van der Waals surface area contributed by atoms with E-state index in [2.05, 4.69) is 10.6 Å². The van der Waals surface area contributed by atoms with E-state index in [0.717, 1.165) is 47.0 Å². The van der Waals surface area contributed by atoms with Gasteiger partial charge in [0.2, 0.25) is 0 Å². The number of amides is 2. The molecule has 0 bridgehead atoms. The van der Waals surface area contributed by atoms with Gasteiger partial charge < -0.3 is 19.7 Å². The summed E-state index contributed by atoms with van der Waals surface area (Å²) in [5.74, 6) is -0.378. The van der Waals surface area contributed by atoms with Crippen molar-refractivity contribution in [2.75, 3.05) is 17.2 Å². The lowest BCUT2D eigenvalue weighted by molar-refractivity contribution is 0.0526. The van der Waals surface area contributed by atoms with E-state index in [1.54, 1.807) is 20.8 Å². The number of rotatable bonds is 6. The molecule has 4 rings (SSSR count). The van der Waals surface area contributed by atoms with Crippen LogP contribution in [0.15, 0.2) is 30.5 Å². The molecule has 0 radical (unpaired) electrons. The van der Waals surface area contributed by atoms with E-state index in [1.807, 2.05) is 35.0 Å². The summed E-state index contributed by atoms with van der Waals surface area (Å²) in [5, 5.41) is 17.3. The second kappa shape index (κ2) is 8.96. The summed E-state index contributed by atoms with van der Waals surface area (Å²) in [6.07, 6.45) is 5.81. The Kier molecular flexibility index (Phi) is 6.26. The van der Waals surface area contributed by atoms with Gasteiger partial charge in [-0.25, -0.2) is 9.59 Å². The Labute approximate surface area is 191 Å². The molecule has 170 valence electrons. The highest BCUT2D eigenvalue weighted by Gasteiger charge is 2.27.